The molecule has 2 aliphatic rings. The number of aryl methyl sites for hydroxylation is 1. The van der Waals surface area contributed by atoms with Crippen LogP contribution >= 0.6 is 0 Å². The van der Waals surface area contributed by atoms with Crippen molar-refractivity contribution in [2.45, 2.75) is 45.4 Å². The van der Waals surface area contributed by atoms with Crippen LogP contribution in [0.4, 0.5) is 17.1 Å². The van der Waals surface area contributed by atoms with Gasteiger partial charge in [0.05, 0.1) is 0 Å². The second-order valence-corrected chi connectivity index (χ2v) is 16.8. The Bertz CT molecular complexity index is 2880. The van der Waals surface area contributed by atoms with Gasteiger partial charge in [0.2, 0.25) is 0 Å². The maximum atomic E-state index is 2.46. The summed E-state index contributed by atoms with van der Waals surface area (Å²) in [6.45, 7) is 11.7. The Balaban J connectivity index is 1.06. The highest BCUT2D eigenvalue weighted by atomic mass is 15.1. The molecule has 0 spiro atoms. The van der Waals surface area contributed by atoms with E-state index in [-0.39, 0.29) is 10.8 Å². The molecule has 9 aromatic rings. The second-order valence-electron chi connectivity index (χ2n) is 16.8. The van der Waals surface area contributed by atoms with Gasteiger partial charge in [0.1, 0.15) is 0 Å². The van der Waals surface area contributed by atoms with Crippen LogP contribution in [0.2, 0.25) is 0 Å². The van der Waals surface area contributed by atoms with Crippen molar-refractivity contribution in [3.05, 3.63) is 186 Å². The highest BCUT2D eigenvalue weighted by Crippen LogP contribution is 2.53. The standard InChI is InChI=1S/C53H41N/c1-32-11-10-16-41(21-32)54(42-19-17-37-26-46-44-24-33-12-6-8-14-35(33)28-48(44)52(2,3)50(46)30-39(37)22-42)43-20-18-38-27-47-45-25-34-13-7-9-15-36(34)29-49(45)53(4,5)51(47)31-40(38)23-43/h6-31H,1-5H3. The average molecular weight is 692 g/mol. The van der Waals surface area contributed by atoms with Crippen molar-refractivity contribution in [1.82, 2.24) is 0 Å². The molecular weight excluding hydrogens is 651 g/mol. The first-order chi connectivity index (χ1) is 26.1. The van der Waals surface area contributed by atoms with E-state index in [1.165, 1.54) is 93.2 Å². The van der Waals surface area contributed by atoms with Crippen molar-refractivity contribution in [3.8, 4) is 22.3 Å². The third-order valence-corrected chi connectivity index (χ3v) is 12.7. The first-order valence-electron chi connectivity index (χ1n) is 19.2. The van der Waals surface area contributed by atoms with Gasteiger partial charge in [-0.3, -0.25) is 0 Å². The topological polar surface area (TPSA) is 3.24 Å². The molecule has 11 rings (SSSR count). The molecule has 9 aromatic carbocycles. The lowest BCUT2D eigenvalue weighted by Gasteiger charge is -2.27. The second kappa shape index (κ2) is 10.9. The fraction of sp³-hybridized carbons (Fsp3) is 0.132. The number of nitrogens with zero attached hydrogens (tertiary/aromatic N) is 1. The number of fused-ring (bicyclic) bond motifs is 10. The third kappa shape index (κ3) is 4.45. The first kappa shape index (κ1) is 31.4. The molecule has 0 aromatic heterocycles. The van der Waals surface area contributed by atoms with Crippen LogP contribution in [-0.2, 0) is 10.8 Å². The van der Waals surface area contributed by atoms with Crippen molar-refractivity contribution >= 4 is 60.2 Å². The van der Waals surface area contributed by atoms with Crippen LogP contribution in [0.3, 0.4) is 0 Å². The Morgan fingerprint density at radius 1 is 0.315 bits per heavy atom. The summed E-state index contributed by atoms with van der Waals surface area (Å²) in [5.41, 5.74) is 15.6. The highest BCUT2D eigenvalue weighted by Gasteiger charge is 2.37. The van der Waals surface area contributed by atoms with Gasteiger partial charge in [-0.15, -0.1) is 0 Å². The van der Waals surface area contributed by atoms with Gasteiger partial charge in [0.25, 0.3) is 0 Å². The number of anilines is 3. The Morgan fingerprint density at radius 2 is 0.667 bits per heavy atom. The van der Waals surface area contributed by atoms with Gasteiger partial charge in [-0.1, -0.05) is 100 Å². The van der Waals surface area contributed by atoms with Gasteiger partial charge in [-0.2, -0.15) is 0 Å². The van der Waals surface area contributed by atoms with Crippen molar-refractivity contribution < 1.29 is 0 Å². The quantitative estimate of drug-likeness (QED) is 0.178. The first-order valence-corrected chi connectivity index (χ1v) is 19.2. The summed E-state index contributed by atoms with van der Waals surface area (Å²) >= 11 is 0. The van der Waals surface area contributed by atoms with Crippen LogP contribution in [-0.4, -0.2) is 0 Å². The van der Waals surface area contributed by atoms with E-state index >= 15 is 0 Å². The summed E-state index contributed by atoms with van der Waals surface area (Å²) in [5.74, 6) is 0. The van der Waals surface area contributed by atoms with Crippen molar-refractivity contribution in [1.29, 1.82) is 0 Å². The number of hydrogen-bond donors (Lipinski definition) is 0. The fourth-order valence-corrected chi connectivity index (χ4v) is 9.79. The fourth-order valence-electron chi connectivity index (χ4n) is 9.79. The zero-order valence-corrected chi connectivity index (χ0v) is 31.5. The Hall–Kier alpha value is -6.18. The molecule has 0 amide bonds. The zero-order chi connectivity index (χ0) is 36.5. The zero-order valence-electron chi connectivity index (χ0n) is 31.5. The van der Waals surface area contributed by atoms with Crippen molar-refractivity contribution in [2.24, 2.45) is 0 Å². The molecule has 2 aliphatic carbocycles. The molecule has 0 heterocycles. The molecular formula is C53H41N. The molecule has 0 aliphatic heterocycles. The van der Waals surface area contributed by atoms with E-state index in [2.05, 4.69) is 197 Å². The lowest BCUT2D eigenvalue weighted by Crippen LogP contribution is -2.15. The van der Waals surface area contributed by atoms with Crippen LogP contribution in [0.5, 0.6) is 0 Å². The molecule has 0 fully saturated rings. The molecule has 1 heteroatoms. The van der Waals surface area contributed by atoms with E-state index in [9.17, 15) is 0 Å². The minimum absolute atomic E-state index is 0.0894. The van der Waals surface area contributed by atoms with E-state index < -0.39 is 0 Å². The van der Waals surface area contributed by atoms with Crippen molar-refractivity contribution in [3.63, 3.8) is 0 Å². The number of hydrogen-bond acceptors (Lipinski definition) is 1. The highest BCUT2D eigenvalue weighted by molar-refractivity contribution is 6.02. The van der Waals surface area contributed by atoms with Crippen LogP contribution in [0.15, 0.2) is 158 Å². The molecule has 0 bridgehead atoms. The minimum atomic E-state index is -0.0894. The average Bonchev–Trinajstić information content (AvgIpc) is 3.52. The van der Waals surface area contributed by atoms with Crippen LogP contribution < -0.4 is 4.90 Å². The Labute approximate surface area is 317 Å². The molecule has 1 nitrogen and oxygen atoms in total. The molecule has 0 saturated carbocycles. The van der Waals surface area contributed by atoms with E-state index in [0.717, 1.165) is 17.1 Å². The summed E-state index contributed by atoms with van der Waals surface area (Å²) in [6, 6.07) is 59.8. The molecule has 54 heavy (non-hydrogen) atoms. The summed E-state index contributed by atoms with van der Waals surface area (Å²) in [7, 11) is 0. The maximum absolute atomic E-state index is 2.46. The largest absolute Gasteiger partial charge is 0.310 e. The van der Waals surface area contributed by atoms with E-state index in [4.69, 9.17) is 0 Å². The lowest BCUT2D eigenvalue weighted by atomic mass is 9.81. The van der Waals surface area contributed by atoms with Gasteiger partial charge < -0.3 is 4.90 Å². The lowest BCUT2D eigenvalue weighted by molar-refractivity contribution is 0.662. The van der Waals surface area contributed by atoms with Gasteiger partial charge in [0.15, 0.2) is 0 Å². The summed E-state index contributed by atoms with van der Waals surface area (Å²) in [6.07, 6.45) is 0. The van der Waals surface area contributed by atoms with Gasteiger partial charge in [-0.25, -0.2) is 0 Å². The maximum Gasteiger partial charge on any atom is 0.0468 e. The normalized spacial score (nSPS) is 14.7. The van der Waals surface area contributed by atoms with E-state index in [0.29, 0.717) is 0 Å². The molecule has 0 unspecified atom stereocenters. The van der Waals surface area contributed by atoms with Crippen LogP contribution in [0.25, 0.3) is 65.3 Å². The predicted molar refractivity (Wildman–Crippen MR) is 231 cm³/mol. The van der Waals surface area contributed by atoms with Crippen molar-refractivity contribution in [2.75, 3.05) is 4.90 Å². The smallest absolute Gasteiger partial charge is 0.0468 e. The summed E-state index contributed by atoms with van der Waals surface area (Å²) in [4.78, 5) is 2.44. The SMILES string of the molecule is Cc1cccc(N(c2ccc3cc4c(cc3c2)C(C)(C)c2cc3ccccc3cc2-4)c2ccc3cc4c(cc3c2)C(C)(C)c2cc3ccccc3cc2-4)c1. The number of rotatable bonds is 3. The van der Waals surface area contributed by atoms with Crippen LogP contribution in [0.1, 0.15) is 55.5 Å². The minimum Gasteiger partial charge on any atom is -0.310 e. The van der Waals surface area contributed by atoms with Gasteiger partial charge >= 0.3 is 0 Å². The molecule has 0 saturated heterocycles. The molecule has 0 atom stereocenters. The predicted octanol–water partition coefficient (Wildman–Crippen LogP) is 14.7. The third-order valence-electron chi connectivity index (χ3n) is 12.7. The van der Waals surface area contributed by atoms with Gasteiger partial charge in [-0.05, 0) is 185 Å². The van der Waals surface area contributed by atoms with Gasteiger partial charge in [0, 0.05) is 27.9 Å². The molecule has 258 valence electrons. The van der Waals surface area contributed by atoms with Crippen LogP contribution in [0, 0.1) is 6.92 Å². The summed E-state index contributed by atoms with van der Waals surface area (Å²) < 4.78 is 0. The Kier molecular flexibility index (Phi) is 6.35. The van der Waals surface area contributed by atoms with E-state index in [1.807, 2.05) is 0 Å². The van der Waals surface area contributed by atoms with E-state index in [1.54, 1.807) is 0 Å². The molecule has 0 N–H and O–H groups in total. The number of benzene rings is 9. The molecule has 0 radical (unpaired) electrons. The summed E-state index contributed by atoms with van der Waals surface area (Å²) in [5, 5.41) is 10.3. The monoisotopic (exact) mass is 691 g/mol. The Morgan fingerprint density at radius 3 is 1.07 bits per heavy atom.